The molecule has 0 unspecified atom stereocenters. The molecule has 0 radical (unpaired) electrons. The van der Waals surface area contributed by atoms with Gasteiger partial charge in [0.05, 0.1) is 6.54 Å². The zero-order chi connectivity index (χ0) is 15.3. The monoisotopic (exact) mass is 299 g/mol. The van der Waals surface area contributed by atoms with Gasteiger partial charge in [-0.2, -0.15) is 0 Å². The van der Waals surface area contributed by atoms with Crippen LogP contribution in [-0.2, 0) is 4.79 Å². The minimum atomic E-state index is -0.556. The van der Waals surface area contributed by atoms with E-state index in [2.05, 4.69) is 10.3 Å². The summed E-state index contributed by atoms with van der Waals surface area (Å²) in [5, 5.41) is 3.69. The fourth-order valence-electron chi connectivity index (χ4n) is 1.58. The van der Waals surface area contributed by atoms with Crippen molar-refractivity contribution in [2.24, 2.45) is 5.73 Å². The molecule has 0 fully saturated rings. The summed E-state index contributed by atoms with van der Waals surface area (Å²) in [6, 6.07) is -0.149. The van der Waals surface area contributed by atoms with Gasteiger partial charge in [-0.3, -0.25) is 9.59 Å². The Labute approximate surface area is 122 Å². The molecule has 0 saturated carbocycles. The van der Waals surface area contributed by atoms with Crippen molar-refractivity contribution >= 4 is 34.1 Å². The van der Waals surface area contributed by atoms with E-state index in [-0.39, 0.29) is 24.3 Å². The number of nitrogen functional groups attached to an aromatic ring is 1. The maximum atomic E-state index is 12.4. The molecule has 0 spiro atoms. The Kier molecular flexibility index (Phi) is 5.75. The maximum absolute atomic E-state index is 12.4. The number of hydrogen-bond acceptors (Lipinski definition) is 6. The van der Waals surface area contributed by atoms with E-state index >= 15 is 0 Å². The lowest BCUT2D eigenvalue weighted by Crippen LogP contribution is -2.42. The molecular formula is C12H21N5O2S. The molecule has 0 aliphatic heterocycles. The highest BCUT2D eigenvalue weighted by atomic mass is 32.1. The zero-order valence-electron chi connectivity index (χ0n) is 12.0. The highest BCUT2D eigenvalue weighted by Crippen LogP contribution is 2.26. The second-order valence-electron chi connectivity index (χ2n) is 4.65. The molecule has 0 aliphatic rings. The van der Waals surface area contributed by atoms with Crippen LogP contribution in [0.5, 0.6) is 0 Å². The number of primary amides is 1. The van der Waals surface area contributed by atoms with Crippen LogP contribution in [0.3, 0.4) is 0 Å². The standard InChI is InChI=1S/C12H21N5O2S/c1-4-5-15-12-16-10(14)9(20-12)11(19)17(7(2)3)6-8(13)18/h7H,4-6,14H2,1-3H3,(H2,13,18)(H,15,16). The van der Waals surface area contributed by atoms with Gasteiger partial charge >= 0.3 is 0 Å². The molecule has 1 aromatic rings. The fraction of sp³-hybridized carbons (Fsp3) is 0.583. The summed E-state index contributed by atoms with van der Waals surface area (Å²) in [7, 11) is 0. The van der Waals surface area contributed by atoms with Gasteiger partial charge < -0.3 is 21.7 Å². The van der Waals surface area contributed by atoms with Crippen molar-refractivity contribution in [1.82, 2.24) is 9.88 Å². The van der Waals surface area contributed by atoms with E-state index in [0.717, 1.165) is 13.0 Å². The average molecular weight is 299 g/mol. The van der Waals surface area contributed by atoms with E-state index in [0.29, 0.717) is 10.0 Å². The molecule has 0 aromatic carbocycles. The predicted molar refractivity (Wildman–Crippen MR) is 80.7 cm³/mol. The third kappa shape index (κ3) is 4.09. The highest BCUT2D eigenvalue weighted by Gasteiger charge is 2.25. The Morgan fingerprint density at radius 1 is 1.45 bits per heavy atom. The minimum Gasteiger partial charge on any atom is -0.382 e. The van der Waals surface area contributed by atoms with Crippen molar-refractivity contribution in [3.8, 4) is 0 Å². The maximum Gasteiger partial charge on any atom is 0.268 e. The first kappa shape index (κ1) is 16.2. The largest absolute Gasteiger partial charge is 0.382 e. The average Bonchev–Trinajstić information content (AvgIpc) is 2.73. The third-order valence-electron chi connectivity index (χ3n) is 2.58. The number of carbonyl (C=O) groups is 2. The number of nitrogens with two attached hydrogens (primary N) is 2. The molecule has 112 valence electrons. The third-order valence-corrected chi connectivity index (χ3v) is 3.60. The number of nitrogens with zero attached hydrogens (tertiary/aromatic N) is 2. The van der Waals surface area contributed by atoms with Crippen molar-refractivity contribution in [3.63, 3.8) is 0 Å². The first-order chi connectivity index (χ1) is 9.36. The smallest absolute Gasteiger partial charge is 0.268 e. The Bertz CT molecular complexity index is 486. The number of anilines is 2. The number of aromatic nitrogens is 1. The number of rotatable bonds is 7. The van der Waals surface area contributed by atoms with E-state index < -0.39 is 5.91 Å². The van der Waals surface area contributed by atoms with Gasteiger partial charge in [-0.1, -0.05) is 18.3 Å². The summed E-state index contributed by atoms with van der Waals surface area (Å²) in [6.07, 6.45) is 0.947. The Morgan fingerprint density at radius 3 is 2.60 bits per heavy atom. The molecule has 0 aliphatic carbocycles. The van der Waals surface area contributed by atoms with Crippen LogP contribution in [0.25, 0.3) is 0 Å². The zero-order valence-corrected chi connectivity index (χ0v) is 12.8. The van der Waals surface area contributed by atoms with Gasteiger partial charge in [0, 0.05) is 12.6 Å². The van der Waals surface area contributed by atoms with Gasteiger partial charge in [0.1, 0.15) is 10.7 Å². The fourth-order valence-corrected chi connectivity index (χ4v) is 2.45. The summed E-state index contributed by atoms with van der Waals surface area (Å²) in [5.74, 6) is -0.702. The molecule has 2 amide bonds. The van der Waals surface area contributed by atoms with Gasteiger partial charge in [0.2, 0.25) is 5.91 Å². The Hall–Kier alpha value is -1.83. The van der Waals surface area contributed by atoms with Crippen LogP contribution < -0.4 is 16.8 Å². The van der Waals surface area contributed by atoms with Crippen molar-refractivity contribution in [3.05, 3.63) is 4.88 Å². The van der Waals surface area contributed by atoms with E-state index in [1.165, 1.54) is 16.2 Å². The quantitative estimate of drug-likeness (QED) is 0.691. The number of thiazole rings is 1. The van der Waals surface area contributed by atoms with Gasteiger partial charge in [-0.15, -0.1) is 0 Å². The molecule has 7 nitrogen and oxygen atoms in total. The molecule has 0 saturated heterocycles. The summed E-state index contributed by atoms with van der Waals surface area (Å²) >= 11 is 1.19. The van der Waals surface area contributed by atoms with Crippen LogP contribution in [-0.4, -0.2) is 40.8 Å². The van der Waals surface area contributed by atoms with Crippen LogP contribution in [0.4, 0.5) is 10.9 Å². The van der Waals surface area contributed by atoms with Crippen molar-refractivity contribution < 1.29 is 9.59 Å². The molecule has 8 heteroatoms. The first-order valence-corrected chi connectivity index (χ1v) is 7.27. The highest BCUT2D eigenvalue weighted by molar-refractivity contribution is 7.18. The molecule has 0 atom stereocenters. The molecule has 1 heterocycles. The Morgan fingerprint density at radius 2 is 2.10 bits per heavy atom. The topological polar surface area (TPSA) is 114 Å². The molecular weight excluding hydrogens is 278 g/mol. The van der Waals surface area contributed by atoms with Crippen LogP contribution in [0.15, 0.2) is 0 Å². The summed E-state index contributed by atoms with van der Waals surface area (Å²) in [6.45, 7) is 6.29. The lowest BCUT2D eigenvalue weighted by atomic mass is 10.3. The summed E-state index contributed by atoms with van der Waals surface area (Å²) < 4.78 is 0. The van der Waals surface area contributed by atoms with Gasteiger partial charge in [0.25, 0.3) is 5.91 Å². The molecule has 1 aromatic heterocycles. The summed E-state index contributed by atoms with van der Waals surface area (Å²) in [5.41, 5.74) is 10.9. The van der Waals surface area contributed by atoms with E-state index in [1.54, 1.807) is 0 Å². The Balaban J connectivity index is 2.93. The number of carbonyl (C=O) groups excluding carboxylic acids is 2. The predicted octanol–water partition coefficient (Wildman–Crippen LogP) is 0.883. The van der Waals surface area contributed by atoms with Gasteiger partial charge in [0.15, 0.2) is 5.13 Å². The molecule has 1 rings (SSSR count). The van der Waals surface area contributed by atoms with Crippen LogP contribution in [0.1, 0.15) is 36.9 Å². The van der Waals surface area contributed by atoms with Gasteiger partial charge in [-0.05, 0) is 20.3 Å². The summed E-state index contributed by atoms with van der Waals surface area (Å²) in [4.78, 5) is 29.3. The van der Waals surface area contributed by atoms with E-state index in [9.17, 15) is 9.59 Å². The van der Waals surface area contributed by atoms with Crippen LogP contribution >= 0.6 is 11.3 Å². The van der Waals surface area contributed by atoms with E-state index in [1.807, 2.05) is 20.8 Å². The van der Waals surface area contributed by atoms with E-state index in [4.69, 9.17) is 11.5 Å². The number of nitrogens with one attached hydrogen (secondary N) is 1. The van der Waals surface area contributed by atoms with Crippen molar-refractivity contribution in [2.75, 3.05) is 24.1 Å². The normalized spacial score (nSPS) is 10.6. The second kappa shape index (κ2) is 7.09. The molecule has 5 N–H and O–H groups in total. The lowest BCUT2D eigenvalue weighted by Gasteiger charge is -2.24. The molecule has 0 bridgehead atoms. The number of amides is 2. The lowest BCUT2D eigenvalue weighted by molar-refractivity contribution is -0.119. The SMILES string of the molecule is CCCNc1nc(N)c(C(=O)N(CC(N)=O)C(C)C)s1. The van der Waals surface area contributed by atoms with Crippen molar-refractivity contribution in [1.29, 1.82) is 0 Å². The van der Waals surface area contributed by atoms with Crippen molar-refractivity contribution in [2.45, 2.75) is 33.2 Å². The van der Waals surface area contributed by atoms with Crippen LogP contribution in [0, 0.1) is 0 Å². The first-order valence-electron chi connectivity index (χ1n) is 6.46. The minimum absolute atomic E-state index is 0.133. The second-order valence-corrected chi connectivity index (χ2v) is 5.65. The molecule has 20 heavy (non-hydrogen) atoms. The van der Waals surface area contributed by atoms with Crippen LogP contribution in [0.2, 0.25) is 0 Å². The van der Waals surface area contributed by atoms with Gasteiger partial charge in [-0.25, -0.2) is 4.98 Å². The number of hydrogen-bond donors (Lipinski definition) is 3.